The zero-order chi connectivity index (χ0) is 12.6. The molecule has 1 heterocycles. The third-order valence-corrected chi connectivity index (χ3v) is 5.65. The summed E-state index contributed by atoms with van der Waals surface area (Å²) in [6.45, 7) is 2.37. The molecule has 0 radical (unpaired) electrons. The van der Waals surface area contributed by atoms with Crippen molar-refractivity contribution in [3.05, 3.63) is 35.2 Å². The first-order valence-corrected chi connectivity index (χ1v) is 7.78. The molecule has 0 bridgehead atoms. The highest BCUT2D eigenvalue weighted by Crippen LogP contribution is 2.41. The van der Waals surface area contributed by atoms with Gasteiger partial charge in [-0.15, -0.1) is 11.3 Å². The Labute approximate surface area is 113 Å². The highest BCUT2D eigenvalue weighted by Gasteiger charge is 2.34. The summed E-state index contributed by atoms with van der Waals surface area (Å²) >= 11 is 1.84. The molecule has 1 aliphatic rings. The summed E-state index contributed by atoms with van der Waals surface area (Å²) in [5, 5.41) is 3.70. The fourth-order valence-corrected chi connectivity index (χ4v) is 4.20. The van der Waals surface area contributed by atoms with Gasteiger partial charge in [-0.3, -0.25) is 0 Å². The third-order valence-electron chi connectivity index (χ3n) is 4.64. The Morgan fingerprint density at radius 2 is 2.00 bits per heavy atom. The molecule has 96 valence electrons. The molecule has 2 N–H and O–H groups in total. The van der Waals surface area contributed by atoms with Gasteiger partial charge in [0.15, 0.2) is 0 Å². The monoisotopic (exact) mass is 259 g/mol. The summed E-state index contributed by atoms with van der Waals surface area (Å²) in [6, 6.07) is 8.97. The Morgan fingerprint density at radius 3 is 2.78 bits per heavy atom. The van der Waals surface area contributed by atoms with Crippen molar-refractivity contribution in [1.29, 1.82) is 0 Å². The Kier molecular flexibility index (Phi) is 3.16. The van der Waals surface area contributed by atoms with Gasteiger partial charge in [-0.05, 0) is 47.1 Å². The molecule has 0 saturated heterocycles. The molecule has 0 amide bonds. The molecule has 1 aromatic heterocycles. The number of nitrogens with two attached hydrogens (primary N) is 1. The van der Waals surface area contributed by atoms with E-state index in [1.54, 1.807) is 0 Å². The maximum atomic E-state index is 6.50. The van der Waals surface area contributed by atoms with Gasteiger partial charge in [-0.2, -0.15) is 0 Å². The predicted molar refractivity (Wildman–Crippen MR) is 80.1 cm³/mol. The lowest BCUT2D eigenvalue weighted by Crippen LogP contribution is -2.39. The van der Waals surface area contributed by atoms with Crippen molar-refractivity contribution >= 4 is 21.4 Å². The van der Waals surface area contributed by atoms with Crippen LogP contribution in [-0.4, -0.2) is 6.04 Å². The smallest absolute Gasteiger partial charge is 0.0345 e. The summed E-state index contributed by atoms with van der Waals surface area (Å²) in [4.78, 5) is 0. The van der Waals surface area contributed by atoms with Gasteiger partial charge < -0.3 is 5.73 Å². The first kappa shape index (κ1) is 12.2. The van der Waals surface area contributed by atoms with Crippen LogP contribution >= 0.6 is 11.3 Å². The van der Waals surface area contributed by atoms with Crippen LogP contribution in [-0.2, 0) is 6.42 Å². The van der Waals surface area contributed by atoms with Crippen molar-refractivity contribution in [2.75, 3.05) is 0 Å². The molecule has 1 aliphatic carbocycles. The van der Waals surface area contributed by atoms with Gasteiger partial charge in [0.1, 0.15) is 0 Å². The van der Waals surface area contributed by atoms with E-state index in [2.05, 4.69) is 36.6 Å². The van der Waals surface area contributed by atoms with Crippen LogP contribution in [0.25, 0.3) is 10.1 Å². The molecule has 1 aromatic carbocycles. The maximum absolute atomic E-state index is 6.50. The molecule has 1 nitrogen and oxygen atoms in total. The van der Waals surface area contributed by atoms with Gasteiger partial charge in [-0.1, -0.05) is 38.0 Å². The summed E-state index contributed by atoms with van der Waals surface area (Å²) < 4.78 is 1.39. The van der Waals surface area contributed by atoms with E-state index in [-0.39, 0.29) is 0 Å². The number of hydrogen-bond acceptors (Lipinski definition) is 2. The average molecular weight is 259 g/mol. The van der Waals surface area contributed by atoms with Crippen LogP contribution in [0.1, 0.15) is 38.2 Å². The van der Waals surface area contributed by atoms with E-state index < -0.39 is 0 Å². The largest absolute Gasteiger partial charge is 0.327 e. The van der Waals surface area contributed by atoms with E-state index in [4.69, 9.17) is 5.73 Å². The van der Waals surface area contributed by atoms with Crippen LogP contribution in [0.3, 0.4) is 0 Å². The second kappa shape index (κ2) is 4.67. The predicted octanol–water partition coefficient (Wildman–Crippen LogP) is 4.35. The molecular formula is C16H21NS. The highest BCUT2D eigenvalue weighted by atomic mass is 32.1. The molecule has 1 saturated carbocycles. The number of rotatable bonds is 3. The Balaban J connectivity index is 1.84. The third kappa shape index (κ3) is 2.08. The summed E-state index contributed by atoms with van der Waals surface area (Å²) in [6.07, 6.45) is 6.34. The van der Waals surface area contributed by atoms with Crippen LogP contribution in [0.15, 0.2) is 29.6 Å². The SMILES string of the molecule is CC1(C(N)Cc2csc3ccccc23)CCCC1. The van der Waals surface area contributed by atoms with Crippen molar-refractivity contribution in [3.63, 3.8) is 0 Å². The van der Waals surface area contributed by atoms with Crippen LogP contribution in [0, 0.1) is 5.41 Å². The number of fused-ring (bicyclic) bond motifs is 1. The topological polar surface area (TPSA) is 26.0 Å². The van der Waals surface area contributed by atoms with Gasteiger partial charge in [0.2, 0.25) is 0 Å². The van der Waals surface area contributed by atoms with Crippen molar-refractivity contribution in [3.8, 4) is 0 Å². The second-order valence-corrected chi connectivity index (χ2v) is 6.84. The fraction of sp³-hybridized carbons (Fsp3) is 0.500. The number of benzene rings is 1. The first-order chi connectivity index (χ1) is 8.69. The molecule has 2 heteroatoms. The lowest BCUT2D eigenvalue weighted by molar-refractivity contribution is 0.261. The molecular weight excluding hydrogens is 238 g/mol. The lowest BCUT2D eigenvalue weighted by Gasteiger charge is -2.31. The molecule has 0 aliphatic heterocycles. The minimum absolute atomic E-state index is 0.304. The normalized spacial score (nSPS) is 20.3. The van der Waals surface area contributed by atoms with E-state index in [1.807, 2.05) is 11.3 Å². The van der Waals surface area contributed by atoms with E-state index >= 15 is 0 Å². The summed E-state index contributed by atoms with van der Waals surface area (Å²) in [7, 11) is 0. The van der Waals surface area contributed by atoms with Crippen LogP contribution in [0.5, 0.6) is 0 Å². The number of thiophene rings is 1. The van der Waals surface area contributed by atoms with Gasteiger partial charge in [0.05, 0.1) is 0 Å². The first-order valence-electron chi connectivity index (χ1n) is 6.90. The molecule has 1 unspecified atom stereocenters. The summed E-state index contributed by atoms with van der Waals surface area (Å²) in [5.74, 6) is 0. The fourth-order valence-electron chi connectivity index (χ4n) is 3.23. The zero-order valence-corrected chi connectivity index (χ0v) is 11.8. The van der Waals surface area contributed by atoms with E-state index in [0.717, 1.165) is 6.42 Å². The molecule has 1 fully saturated rings. The standard InChI is InChI=1S/C16H21NS/c1-16(8-4-5-9-16)15(17)10-12-11-18-14-7-3-2-6-13(12)14/h2-3,6-7,11,15H,4-5,8-10,17H2,1H3. The average Bonchev–Trinajstić information content (AvgIpc) is 2.98. The van der Waals surface area contributed by atoms with Crippen molar-refractivity contribution in [1.82, 2.24) is 0 Å². The Hall–Kier alpha value is -0.860. The van der Waals surface area contributed by atoms with E-state index in [0.29, 0.717) is 11.5 Å². The van der Waals surface area contributed by atoms with Crippen molar-refractivity contribution in [2.45, 2.75) is 45.1 Å². The molecule has 3 rings (SSSR count). The van der Waals surface area contributed by atoms with Crippen LogP contribution in [0.2, 0.25) is 0 Å². The highest BCUT2D eigenvalue weighted by molar-refractivity contribution is 7.17. The van der Waals surface area contributed by atoms with Gasteiger partial charge in [0, 0.05) is 10.7 Å². The molecule has 1 atom stereocenters. The Morgan fingerprint density at radius 1 is 1.28 bits per heavy atom. The lowest BCUT2D eigenvalue weighted by atomic mass is 9.78. The van der Waals surface area contributed by atoms with E-state index in [9.17, 15) is 0 Å². The Bertz CT molecular complexity index is 537. The second-order valence-electron chi connectivity index (χ2n) is 5.93. The minimum atomic E-state index is 0.304. The van der Waals surface area contributed by atoms with Gasteiger partial charge in [-0.25, -0.2) is 0 Å². The molecule has 2 aromatic rings. The van der Waals surface area contributed by atoms with E-state index in [1.165, 1.54) is 41.3 Å². The van der Waals surface area contributed by atoms with Gasteiger partial charge >= 0.3 is 0 Å². The van der Waals surface area contributed by atoms with Crippen LogP contribution < -0.4 is 5.73 Å². The number of hydrogen-bond donors (Lipinski definition) is 1. The maximum Gasteiger partial charge on any atom is 0.0345 e. The minimum Gasteiger partial charge on any atom is -0.327 e. The van der Waals surface area contributed by atoms with Crippen molar-refractivity contribution in [2.24, 2.45) is 11.1 Å². The quantitative estimate of drug-likeness (QED) is 0.871. The van der Waals surface area contributed by atoms with Crippen molar-refractivity contribution < 1.29 is 0 Å². The molecule has 0 spiro atoms. The molecule has 18 heavy (non-hydrogen) atoms. The van der Waals surface area contributed by atoms with Crippen LogP contribution in [0.4, 0.5) is 0 Å². The summed E-state index contributed by atoms with van der Waals surface area (Å²) in [5.41, 5.74) is 8.31. The zero-order valence-electron chi connectivity index (χ0n) is 11.0. The van der Waals surface area contributed by atoms with Gasteiger partial charge in [0.25, 0.3) is 0 Å².